The average Bonchev–Trinajstić information content (AvgIpc) is 3.07. The van der Waals surface area contributed by atoms with Crippen LogP contribution in [0.25, 0.3) is 11.0 Å². The predicted octanol–water partition coefficient (Wildman–Crippen LogP) is 3.76. The lowest BCUT2D eigenvalue weighted by Gasteiger charge is -2.13. The molecule has 2 N–H and O–H groups in total. The van der Waals surface area contributed by atoms with Gasteiger partial charge in [-0.2, -0.15) is 0 Å². The van der Waals surface area contributed by atoms with Crippen LogP contribution in [0.4, 0.5) is 0 Å². The maximum atomic E-state index is 5.71. The number of aromatic nitrogens is 2. The van der Waals surface area contributed by atoms with Gasteiger partial charge >= 0.3 is 0 Å². The summed E-state index contributed by atoms with van der Waals surface area (Å²) in [5.41, 5.74) is 2.26. The van der Waals surface area contributed by atoms with Crippen LogP contribution >= 0.6 is 0 Å². The molecule has 0 saturated carbocycles. The Morgan fingerprint density at radius 3 is 2.48 bits per heavy atom. The third kappa shape index (κ3) is 6.24. The van der Waals surface area contributed by atoms with Gasteiger partial charge in [-0.15, -0.1) is 0 Å². The van der Waals surface area contributed by atoms with E-state index in [0.29, 0.717) is 0 Å². The molecular weight excluding hydrogens is 362 g/mol. The van der Waals surface area contributed by atoms with E-state index >= 15 is 0 Å². The molecule has 2 aromatic carbocycles. The van der Waals surface area contributed by atoms with E-state index in [4.69, 9.17) is 4.74 Å². The number of unbranched alkanes of at least 4 members (excludes halogenated alkanes) is 1. The first-order valence-corrected chi connectivity index (χ1v) is 10.3. The van der Waals surface area contributed by atoms with Gasteiger partial charge in [-0.3, -0.25) is 4.99 Å². The topological polar surface area (TPSA) is 63.5 Å². The summed E-state index contributed by atoms with van der Waals surface area (Å²) in [4.78, 5) is 8.92. The number of rotatable bonds is 10. The number of aliphatic imine (C=N–C) groups is 1. The van der Waals surface area contributed by atoms with Crippen LogP contribution in [0.1, 0.15) is 25.1 Å². The quantitative estimate of drug-likeness (QED) is 0.313. The number of nitrogens with zero attached hydrogens (tertiary/aromatic N) is 3. The minimum atomic E-state index is 0.732. The van der Waals surface area contributed by atoms with E-state index in [2.05, 4.69) is 50.3 Å². The number of hydrogen-bond donors (Lipinski definition) is 2. The van der Waals surface area contributed by atoms with Gasteiger partial charge in [-0.25, -0.2) is 4.98 Å². The van der Waals surface area contributed by atoms with Gasteiger partial charge in [-0.05, 0) is 50.5 Å². The Hall–Kier alpha value is -3.02. The van der Waals surface area contributed by atoms with E-state index < -0.39 is 0 Å². The van der Waals surface area contributed by atoms with E-state index in [-0.39, 0.29) is 0 Å². The SMILES string of the molecule is CN=C(NCCCCOc1ccccc1)NCCCn1c(C)nc2ccccc21. The van der Waals surface area contributed by atoms with E-state index in [1.165, 1.54) is 5.52 Å². The zero-order valence-electron chi connectivity index (χ0n) is 17.4. The third-order valence-corrected chi connectivity index (χ3v) is 4.80. The summed E-state index contributed by atoms with van der Waals surface area (Å²) >= 11 is 0. The van der Waals surface area contributed by atoms with Crippen LogP contribution < -0.4 is 15.4 Å². The Kier molecular flexibility index (Phi) is 7.92. The van der Waals surface area contributed by atoms with Gasteiger partial charge in [0.25, 0.3) is 0 Å². The Morgan fingerprint density at radius 2 is 1.69 bits per heavy atom. The number of hydrogen-bond acceptors (Lipinski definition) is 3. The molecule has 0 aliphatic heterocycles. The summed E-state index contributed by atoms with van der Waals surface area (Å²) in [7, 11) is 1.81. The molecule has 0 fully saturated rings. The van der Waals surface area contributed by atoms with Gasteiger partial charge < -0.3 is 19.9 Å². The first kappa shape index (κ1) is 20.7. The fourth-order valence-corrected chi connectivity index (χ4v) is 3.28. The maximum Gasteiger partial charge on any atom is 0.190 e. The van der Waals surface area contributed by atoms with Gasteiger partial charge in [0, 0.05) is 26.7 Å². The second kappa shape index (κ2) is 11.1. The van der Waals surface area contributed by atoms with Crippen molar-refractivity contribution in [1.29, 1.82) is 0 Å². The van der Waals surface area contributed by atoms with Crippen LogP contribution in [-0.2, 0) is 6.54 Å². The molecule has 29 heavy (non-hydrogen) atoms. The molecule has 0 saturated heterocycles. The Balaban J connectivity index is 1.30. The molecule has 0 amide bonds. The highest BCUT2D eigenvalue weighted by atomic mass is 16.5. The van der Waals surface area contributed by atoms with Crippen molar-refractivity contribution >= 4 is 17.0 Å². The fourth-order valence-electron chi connectivity index (χ4n) is 3.28. The smallest absolute Gasteiger partial charge is 0.190 e. The monoisotopic (exact) mass is 393 g/mol. The van der Waals surface area contributed by atoms with E-state index in [9.17, 15) is 0 Å². The number of nitrogens with one attached hydrogen (secondary N) is 2. The summed E-state index contributed by atoms with van der Waals surface area (Å²) in [5.74, 6) is 2.84. The van der Waals surface area contributed by atoms with Gasteiger partial charge in [-0.1, -0.05) is 30.3 Å². The fraction of sp³-hybridized carbons (Fsp3) is 0.391. The molecule has 0 aliphatic rings. The number of fused-ring (bicyclic) bond motifs is 1. The molecule has 1 aromatic heterocycles. The second-order valence-electron chi connectivity index (χ2n) is 6.95. The lowest BCUT2D eigenvalue weighted by molar-refractivity contribution is 0.307. The minimum absolute atomic E-state index is 0.732. The minimum Gasteiger partial charge on any atom is -0.494 e. The molecular formula is C23H31N5O. The van der Waals surface area contributed by atoms with E-state index in [1.54, 1.807) is 7.05 Å². The normalized spacial score (nSPS) is 11.6. The Morgan fingerprint density at radius 1 is 0.966 bits per heavy atom. The van der Waals surface area contributed by atoms with Gasteiger partial charge in [0.1, 0.15) is 11.6 Å². The molecule has 0 bridgehead atoms. The highest BCUT2D eigenvalue weighted by Gasteiger charge is 2.06. The lowest BCUT2D eigenvalue weighted by atomic mass is 10.3. The summed E-state index contributed by atoms with van der Waals surface area (Å²) in [6.07, 6.45) is 3.05. The van der Waals surface area contributed by atoms with Crippen molar-refractivity contribution in [2.24, 2.45) is 4.99 Å². The second-order valence-corrected chi connectivity index (χ2v) is 6.95. The highest BCUT2D eigenvalue weighted by Crippen LogP contribution is 2.15. The predicted molar refractivity (Wildman–Crippen MR) is 120 cm³/mol. The highest BCUT2D eigenvalue weighted by molar-refractivity contribution is 5.79. The maximum absolute atomic E-state index is 5.71. The van der Waals surface area contributed by atoms with Crippen molar-refractivity contribution in [3.8, 4) is 5.75 Å². The molecule has 0 unspecified atom stereocenters. The summed E-state index contributed by atoms with van der Waals surface area (Å²) in [6, 6.07) is 18.2. The first-order valence-electron chi connectivity index (χ1n) is 10.3. The number of benzene rings is 2. The van der Waals surface area contributed by atoms with Crippen molar-refractivity contribution in [2.75, 3.05) is 26.7 Å². The zero-order valence-corrected chi connectivity index (χ0v) is 17.4. The van der Waals surface area contributed by atoms with Crippen LogP contribution in [0.15, 0.2) is 59.6 Å². The van der Waals surface area contributed by atoms with Gasteiger partial charge in [0.15, 0.2) is 5.96 Å². The van der Waals surface area contributed by atoms with Crippen molar-refractivity contribution in [1.82, 2.24) is 20.2 Å². The number of guanidine groups is 1. The molecule has 0 aliphatic carbocycles. The number of para-hydroxylation sites is 3. The molecule has 3 rings (SSSR count). The van der Waals surface area contributed by atoms with Crippen molar-refractivity contribution in [3.63, 3.8) is 0 Å². The van der Waals surface area contributed by atoms with Crippen molar-refractivity contribution < 1.29 is 4.74 Å². The average molecular weight is 394 g/mol. The van der Waals surface area contributed by atoms with E-state index in [0.717, 1.165) is 68.6 Å². The van der Waals surface area contributed by atoms with Crippen molar-refractivity contribution in [3.05, 3.63) is 60.4 Å². The molecule has 154 valence electrons. The molecule has 0 spiro atoms. The van der Waals surface area contributed by atoms with Gasteiger partial charge in [0.05, 0.1) is 17.6 Å². The summed E-state index contributed by atoms with van der Waals surface area (Å²) < 4.78 is 7.99. The largest absolute Gasteiger partial charge is 0.494 e. The molecule has 6 heteroatoms. The Labute approximate surface area is 173 Å². The zero-order chi connectivity index (χ0) is 20.3. The molecule has 3 aromatic rings. The van der Waals surface area contributed by atoms with Crippen molar-refractivity contribution in [2.45, 2.75) is 32.7 Å². The van der Waals surface area contributed by atoms with Crippen LogP contribution in [0.2, 0.25) is 0 Å². The van der Waals surface area contributed by atoms with E-state index in [1.807, 2.05) is 36.4 Å². The van der Waals surface area contributed by atoms with Crippen LogP contribution in [-0.4, -0.2) is 42.3 Å². The van der Waals surface area contributed by atoms with Crippen LogP contribution in [0, 0.1) is 6.92 Å². The number of imidazole rings is 1. The van der Waals surface area contributed by atoms with Gasteiger partial charge in [0.2, 0.25) is 0 Å². The standard InChI is InChI=1S/C23H31N5O/c1-19-27-21-13-6-7-14-22(21)28(19)17-10-16-26-23(24-2)25-15-8-9-18-29-20-11-4-3-5-12-20/h3-7,11-14H,8-10,15-18H2,1-2H3,(H2,24,25,26). The Bertz CT molecular complexity index is 904. The third-order valence-electron chi connectivity index (χ3n) is 4.80. The molecule has 6 nitrogen and oxygen atoms in total. The molecule has 0 atom stereocenters. The lowest BCUT2D eigenvalue weighted by Crippen LogP contribution is -2.38. The summed E-state index contributed by atoms with van der Waals surface area (Å²) in [6.45, 7) is 5.48. The number of ether oxygens (including phenoxy) is 1. The first-order chi connectivity index (χ1) is 14.3. The number of aryl methyl sites for hydroxylation is 2. The molecule has 1 heterocycles. The molecule has 0 radical (unpaired) electrons. The van der Waals surface area contributed by atoms with Crippen LogP contribution in [0.3, 0.4) is 0 Å². The summed E-state index contributed by atoms with van der Waals surface area (Å²) in [5, 5.41) is 6.76. The van der Waals surface area contributed by atoms with Crippen LogP contribution in [0.5, 0.6) is 5.75 Å².